The number of carbonyl (C=O) groups excluding carboxylic acids is 1. The molecule has 0 N–H and O–H groups in total. The van der Waals surface area contributed by atoms with Gasteiger partial charge < -0.3 is 4.74 Å². The van der Waals surface area contributed by atoms with Gasteiger partial charge in [0, 0.05) is 38.8 Å². The maximum atomic E-state index is 12.2. The van der Waals surface area contributed by atoms with Gasteiger partial charge in [-0.05, 0) is 25.8 Å². The third-order valence-electron chi connectivity index (χ3n) is 3.61. The monoisotopic (exact) mass is 265 g/mol. The predicted octanol–water partition coefficient (Wildman–Crippen LogP) is 1.03. The number of ketones is 1. The van der Waals surface area contributed by atoms with Gasteiger partial charge in [-0.3, -0.25) is 14.4 Å². The van der Waals surface area contributed by atoms with E-state index in [0.29, 0.717) is 19.1 Å². The normalized spacial score (nSPS) is 20.9. The van der Waals surface area contributed by atoms with Crippen LogP contribution in [0.2, 0.25) is 0 Å². The number of aromatic nitrogens is 2. The molecule has 0 saturated carbocycles. The Morgan fingerprint density at radius 2 is 2.37 bits per heavy atom. The number of hydrogen-bond donors (Lipinski definition) is 0. The summed E-state index contributed by atoms with van der Waals surface area (Å²) in [5.74, 6) is 0.203. The minimum Gasteiger partial charge on any atom is -0.368 e. The Balaban J connectivity index is 1.82. The van der Waals surface area contributed by atoms with Crippen molar-refractivity contribution in [1.29, 1.82) is 0 Å². The smallest absolute Gasteiger partial charge is 0.163 e. The fraction of sp³-hybridized carbons (Fsp3) is 0.714. The lowest BCUT2D eigenvalue weighted by Crippen LogP contribution is -2.48. The lowest BCUT2D eigenvalue weighted by molar-refractivity contribution is -0.137. The summed E-state index contributed by atoms with van der Waals surface area (Å²) in [6.07, 6.45) is 4.79. The van der Waals surface area contributed by atoms with Crippen molar-refractivity contribution in [2.24, 2.45) is 7.05 Å². The van der Waals surface area contributed by atoms with Gasteiger partial charge in [-0.25, -0.2) is 0 Å². The van der Waals surface area contributed by atoms with Crippen LogP contribution in [0.3, 0.4) is 0 Å². The minimum absolute atomic E-state index is 0.203. The van der Waals surface area contributed by atoms with E-state index in [9.17, 15) is 4.79 Å². The zero-order valence-corrected chi connectivity index (χ0v) is 12.0. The lowest BCUT2D eigenvalue weighted by Gasteiger charge is -2.34. The second-order valence-corrected chi connectivity index (χ2v) is 5.44. The maximum Gasteiger partial charge on any atom is 0.163 e. The summed E-state index contributed by atoms with van der Waals surface area (Å²) < 4.78 is 7.36. The number of hydrogen-bond acceptors (Lipinski definition) is 4. The number of Topliss-reactive ketones (excluding diaryl/α,β-unsaturated/α-hetero) is 1. The number of ether oxygens (including phenoxy) is 1. The summed E-state index contributed by atoms with van der Waals surface area (Å²) >= 11 is 0. The van der Waals surface area contributed by atoms with Crippen molar-refractivity contribution in [3.8, 4) is 0 Å². The lowest BCUT2D eigenvalue weighted by atomic mass is 10.1. The molecule has 5 nitrogen and oxygen atoms in total. The summed E-state index contributed by atoms with van der Waals surface area (Å²) in [5, 5.41) is 4.11. The molecule has 1 aliphatic heterocycles. The van der Waals surface area contributed by atoms with Crippen LogP contribution in [0.15, 0.2) is 12.4 Å². The molecule has 0 aliphatic carbocycles. The zero-order valence-electron chi connectivity index (χ0n) is 12.0. The average Bonchev–Trinajstić information content (AvgIpc) is 2.82. The molecule has 1 aromatic rings. The molecule has 19 heavy (non-hydrogen) atoms. The molecule has 0 radical (unpaired) electrons. The predicted molar refractivity (Wildman–Crippen MR) is 73.0 cm³/mol. The first-order chi connectivity index (χ1) is 9.06. The van der Waals surface area contributed by atoms with Crippen LogP contribution in [-0.4, -0.2) is 52.3 Å². The molecule has 1 saturated heterocycles. The van der Waals surface area contributed by atoms with Crippen molar-refractivity contribution in [3.63, 3.8) is 0 Å². The number of morpholine rings is 1. The third kappa shape index (κ3) is 3.88. The number of carbonyl (C=O) groups is 1. The topological polar surface area (TPSA) is 47.4 Å². The first-order valence-corrected chi connectivity index (χ1v) is 6.92. The van der Waals surface area contributed by atoms with E-state index in [4.69, 9.17) is 4.74 Å². The molecule has 5 heteroatoms. The van der Waals surface area contributed by atoms with Crippen LogP contribution >= 0.6 is 0 Å². The van der Waals surface area contributed by atoms with Crippen molar-refractivity contribution in [1.82, 2.24) is 14.7 Å². The summed E-state index contributed by atoms with van der Waals surface area (Å²) in [4.78, 5) is 14.5. The Kier molecular flexibility index (Phi) is 4.71. The van der Waals surface area contributed by atoms with Gasteiger partial charge in [0.1, 0.15) is 6.10 Å². The second kappa shape index (κ2) is 6.30. The van der Waals surface area contributed by atoms with Gasteiger partial charge in [-0.15, -0.1) is 0 Å². The molecule has 1 atom stereocenters. The summed E-state index contributed by atoms with van der Waals surface area (Å²) in [6.45, 7) is 6.61. The highest BCUT2D eigenvalue weighted by atomic mass is 16.5. The van der Waals surface area contributed by atoms with Crippen LogP contribution in [-0.2, 0) is 23.0 Å². The Morgan fingerprint density at radius 3 is 3.00 bits per heavy atom. The van der Waals surface area contributed by atoms with Crippen molar-refractivity contribution in [3.05, 3.63) is 18.0 Å². The molecule has 1 fully saturated rings. The van der Waals surface area contributed by atoms with Gasteiger partial charge in [0.05, 0.1) is 12.8 Å². The maximum absolute atomic E-state index is 12.2. The second-order valence-electron chi connectivity index (χ2n) is 5.44. The van der Waals surface area contributed by atoms with Crippen molar-refractivity contribution < 1.29 is 9.53 Å². The fourth-order valence-corrected chi connectivity index (χ4v) is 2.36. The summed E-state index contributed by atoms with van der Waals surface area (Å²) in [7, 11) is 1.89. The van der Waals surface area contributed by atoms with E-state index in [0.717, 1.165) is 25.1 Å². The van der Waals surface area contributed by atoms with Crippen LogP contribution < -0.4 is 0 Å². The molecule has 2 rings (SSSR count). The zero-order chi connectivity index (χ0) is 13.8. The van der Waals surface area contributed by atoms with Crippen LogP contribution in [0.1, 0.15) is 25.8 Å². The molecular weight excluding hydrogens is 242 g/mol. The Morgan fingerprint density at radius 1 is 1.58 bits per heavy atom. The van der Waals surface area contributed by atoms with E-state index in [1.807, 2.05) is 19.4 Å². The molecule has 0 spiro atoms. The standard InChI is InChI=1S/C14H23N3O2/c1-11(2)17-6-7-19-14(10-17)13(18)5-4-12-8-15-16(3)9-12/h8-9,11,14H,4-7,10H2,1-3H3. The van der Waals surface area contributed by atoms with Gasteiger partial charge in [-0.1, -0.05) is 0 Å². The molecule has 0 aromatic carbocycles. The minimum atomic E-state index is -0.257. The third-order valence-corrected chi connectivity index (χ3v) is 3.61. The van der Waals surface area contributed by atoms with E-state index in [1.54, 1.807) is 4.68 Å². The van der Waals surface area contributed by atoms with E-state index in [2.05, 4.69) is 23.8 Å². The Bertz CT molecular complexity index is 428. The Labute approximate surface area is 114 Å². The molecule has 1 aromatic heterocycles. The quantitative estimate of drug-likeness (QED) is 0.798. The molecule has 2 heterocycles. The van der Waals surface area contributed by atoms with Gasteiger partial charge >= 0.3 is 0 Å². The van der Waals surface area contributed by atoms with Gasteiger partial charge in [0.15, 0.2) is 5.78 Å². The SMILES string of the molecule is CC(C)N1CCOC(C(=O)CCc2cnn(C)c2)C1. The van der Waals surface area contributed by atoms with Crippen LogP contribution in [0.5, 0.6) is 0 Å². The van der Waals surface area contributed by atoms with Crippen molar-refractivity contribution in [2.45, 2.75) is 38.8 Å². The average molecular weight is 265 g/mol. The van der Waals surface area contributed by atoms with Crippen LogP contribution in [0.25, 0.3) is 0 Å². The summed E-state index contributed by atoms with van der Waals surface area (Å²) in [6, 6.07) is 0.470. The van der Waals surface area contributed by atoms with Crippen LogP contribution in [0.4, 0.5) is 0 Å². The van der Waals surface area contributed by atoms with Gasteiger partial charge in [-0.2, -0.15) is 5.10 Å². The highest BCUT2D eigenvalue weighted by Gasteiger charge is 2.27. The molecule has 1 unspecified atom stereocenters. The largest absolute Gasteiger partial charge is 0.368 e. The van der Waals surface area contributed by atoms with Crippen molar-refractivity contribution in [2.75, 3.05) is 19.7 Å². The van der Waals surface area contributed by atoms with Crippen molar-refractivity contribution >= 4 is 5.78 Å². The highest BCUT2D eigenvalue weighted by Crippen LogP contribution is 2.12. The summed E-state index contributed by atoms with van der Waals surface area (Å²) in [5.41, 5.74) is 1.10. The first-order valence-electron chi connectivity index (χ1n) is 6.92. The van der Waals surface area contributed by atoms with E-state index >= 15 is 0 Å². The van der Waals surface area contributed by atoms with E-state index in [1.165, 1.54) is 0 Å². The molecule has 106 valence electrons. The Hall–Kier alpha value is -1.20. The first kappa shape index (κ1) is 14.2. The van der Waals surface area contributed by atoms with Crippen LogP contribution in [0, 0.1) is 0 Å². The van der Waals surface area contributed by atoms with E-state index in [-0.39, 0.29) is 11.9 Å². The highest BCUT2D eigenvalue weighted by molar-refractivity contribution is 5.83. The number of aryl methyl sites for hydroxylation is 2. The number of rotatable bonds is 5. The van der Waals surface area contributed by atoms with Gasteiger partial charge in [0.2, 0.25) is 0 Å². The number of nitrogens with zero attached hydrogens (tertiary/aromatic N) is 3. The fourth-order valence-electron chi connectivity index (χ4n) is 2.36. The molecule has 0 bridgehead atoms. The van der Waals surface area contributed by atoms with E-state index < -0.39 is 0 Å². The molecule has 0 amide bonds. The molecular formula is C14H23N3O2. The molecule has 1 aliphatic rings. The van der Waals surface area contributed by atoms with Gasteiger partial charge in [0.25, 0.3) is 0 Å².